The molecule has 6 fully saturated rings. The first-order chi connectivity index (χ1) is 15.7. The summed E-state index contributed by atoms with van der Waals surface area (Å²) in [6.45, 7) is 13.8. The van der Waals surface area contributed by atoms with E-state index in [2.05, 4.69) is 23.6 Å². The van der Waals surface area contributed by atoms with Crippen LogP contribution in [-0.4, -0.2) is 122 Å². The SMILES string of the molecule is C1CN2CCN1CC2.CCCC.F[B-](F)(F)F.F[B-](F)(F)F.O=P(O)(O)[N+]12CC[N+](F)(CC1)CC2. The average Bonchev–Trinajstić information content (AvgIpc) is 2.73. The minimum Gasteiger partial charge on any atom is -0.418 e. The summed E-state index contributed by atoms with van der Waals surface area (Å²) in [4.78, 5) is 23.4. The third kappa shape index (κ3) is 16.0. The van der Waals surface area contributed by atoms with E-state index in [4.69, 9.17) is 9.79 Å². The lowest BCUT2D eigenvalue weighted by Crippen LogP contribution is -2.70. The Hall–Kier alpha value is -0.510. The molecule has 6 aliphatic rings. The Kier molecular flexibility index (Phi) is 14.2. The molecule has 0 aromatic rings. The monoisotopic (exact) mass is 556 g/mol. The topological polar surface area (TPSA) is 64.0 Å². The van der Waals surface area contributed by atoms with Crippen LogP contribution in [0.15, 0.2) is 0 Å². The molecule has 0 aliphatic carbocycles. The van der Waals surface area contributed by atoms with Crippen molar-refractivity contribution in [3.05, 3.63) is 0 Å². The molecule has 0 spiro atoms. The van der Waals surface area contributed by atoms with Gasteiger partial charge in [0.05, 0.1) is 0 Å². The molecule has 6 rings (SSSR count). The standard InChI is InChI=1S/C6H12FN2O3P.C6H12N2.C4H10.2BF4/c7-8-1-4-9(5-2-8,6-3-8)13(10,11)12;1-2-8-5-3-7(1)4-6-8;1-3-4-2;2*2-1(3,4)5/h1-6H2;1-6H2;3-4H2,1-2H3;;/q;;;2*-1/p+2. The van der Waals surface area contributed by atoms with Crippen LogP contribution in [-0.2, 0) is 4.57 Å². The fraction of sp³-hybridized carbons (Fsp3) is 1.00. The van der Waals surface area contributed by atoms with Gasteiger partial charge in [0.1, 0.15) is 19.6 Å². The molecule has 6 saturated heterocycles. The highest BCUT2D eigenvalue weighted by Gasteiger charge is 2.59. The number of rotatable bonds is 2. The first-order valence-electron chi connectivity index (χ1n) is 11.4. The summed E-state index contributed by atoms with van der Waals surface area (Å²) in [6, 6.07) is 0. The van der Waals surface area contributed by atoms with Gasteiger partial charge in [-0.1, -0.05) is 26.7 Å². The molecule has 0 amide bonds. The van der Waals surface area contributed by atoms with Crippen molar-refractivity contribution in [2.75, 3.05) is 78.5 Å². The minimum absolute atomic E-state index is 0.198. The Bertz CT molecular complexity index is 577. The van der Waals surface area contributed by atoms with Crippen molar-refractivity contribution in [3.63, 3.8) is 0 Å². The molecule has 0 saturated carbocycles. The van der Waals surface area contributed by atoms with E-state index < -0.39 is 27.0 Å². The predicted octanol–water partition coefficient (Wildman–Crippen LogP) is 3.65. The Labute approximate surface area is 200 Å². The lowest BCUT2D eigenvalue weighted by Gasteiger charge is -2.48. The number of nitrogens with zero attached hydrogens (tertiary/aromatic N) is 4. The van der Waals surface area contributed by atoms with E-state index in [9.17, 15) is 43.6 Å². The van der Waals surface area contributed by atoms with Crippen LogP contribution in [0.4, 0.5) is 39.0 Å². The molecular weight excluding hydrogens is 520 g/mol. The van der Waals surface area contributed by atoms with E-state index in [0.717, 1.165) is 0 Å². The van der Waals surface area contributed by atoms with Crippen LogP contribution in [0.3, 0.4) is 0 Å². The van der Waals surface area contributed by atoms with Crippen molar-refractivity contribution in [1.82, 2.24) is 9.80 Å². The van der Waals surface area contributed by atoms with E-state index in [1.807, 2.05) is 0 Å². The second-order valence-electron chi connectivity index (χ2n) is 8.65. The Morgan fingerprint density at radius 1 is 0.657 bits per heavy atom. The molecule has 0 unspecified atom stereocenters. The van der Waals surface area contributed by atoms with E-state index in [0.29, 0.717) is 0 Å². The van der Waals surface area contributed by atoms with Crippen LogP contribution < -0.4 is 0 Å². The number of fused-ring (bicyclic) bond motifs is 6. The van der Waals surface area contributed by atoms with Crippen molar-refractivity contribution in [1.29, 1.82) is 0 Å². The average molecular weight is 556 g/mol. The number of unbranched alkanes of at least 4 members (excludes halogenated alkanes) is 1. The van der Waals surface area contributed by atoms with Gasteiger partial charge in [0.15, 0.2) is 19.6 Å². The zero-order chi connectivity index (χ0) is 27.6. The summed E-state index contributed by atoms with van der Waals surface area (Å²) in [5, 5.41) is 0. The highest BCUT2D eigenvalue weighted by Crippen LogP contribution is 2.51. The van der Waals surface area contributed by atoms with Crippen LogP contribution in [0.5, 0.6) is 0 Å². The highest BCUT2D eigenvalue weighted by atomic mass is 31.2. The largest absolute Gasteiger partial charge is 0.673 e. The summed E-state index contributed by atoms with van der Waals surface area (Å²) in [5.74, 6) is 0. The molecule has 19 heteroatoms. The van der Waals surface area contributed by atoms with Gasteiger partial charge in [0, 0.05) is 39.3 Å². The molecule has 4 bridgehead atoms. The summed E-state index contributed by atoms with van der Waals surface area (Å²) >= 11 is 0. The molecule has 0 atom stereocenters. The summed E-state index contributed by atoms with van der Waals surface area (Å²) in [6.07, 6.45) is 2.64. The van der Waals surface area contributed by atoms with E-state index in [-0.39, 0.29) is 43.5 Å². The molecule has 212 valence electrons. The second kappa shape index (κ2) is 14.4. The first-order valence-corrected chi connectivity index (χ1v) is 13.0. The van der Waals surface area contributed by atoms with E-state index >= 15 is 0 Å². The maximum Gasteiger partial charge on any atom is 0.673 e. The van der Waals surface area contributed by atoms with Crippen molar-refractivity contribution < 1.29 is 62.3 Å². The molecule has 0 aromatic heterocycles. The smallest absolute Gasteiger partial charge is 0.418 e. The molecule has 2 N–H and O–H groups in total. The van der Waals surface area contributed by atoms with Gasteiger partial charge in [-0.3, -0.25) is 19.6 Å². The number of halogens is 9. The molecule has 6 aliphatic heterocycles. The Morgan fingerprint density at radius 3 is 1.03 bits per heavy atom. The third-order valence-electron chi connectivity index (χ3n) is 6.00. The zero-order valence-corrected chi connectivity index (χ0v) is 20.9. The lowest BCUT2D eigenvalue weighted by molar-refractivity contribution is -1.13. The minimum atomic E-state index is -6.00. The van der Waals surface area contributed by atoms with Crippen LogP contribution in [0.2, 0.25) is 0 Å². The third-order valence-corrected chi connectivity index (χ3v) is 7.71. The predicted molar refractivity (Wildman–Crippen MR) is 117 cm³/mol. The lowest BCUT2D eigenvalue weighted by atomic mass is 10.2. The Morgan fingerprint density at radius 2 is 0.886 bits per heavy atom. The van der Waals surface area contributed by atoms with Gasteiger partial charge >= 0.3 is 22.3 Å². The molecular formula is C16H36B2F9N4O3P. The van der Waals surface area contributed by atoms with Crippen LogP contribution in [0.1, 0.15) is 26.7 Å². The maximum atomic E-state index is 13.6. The van der Waals surface area contributed by atoms with E-state index in [1.54, 1.807) is 0 Å². The van der Waals surface area contributed by atoms with Crippen molar-refractivity contribution in [3.8, 4) is 0 Å². The van der Waals surface area contributed by atoms with Crippen LogP contribution >= 0.6 is 7.75 Å². The van der Waals surface area contributed by atoms with Crippen LogP contribution in [0.25, 0.3) is 0 Å². The summed E-state index contributed by atoms with van der Waals surface area (Å²) in [7, 11) is -16.1. The van der Waals surface area contributed by atoms with Crippen LogP contribution in [0, 0.1) is 0 Å². The molecule has 35 heavy (non-hydrogen) atoms. The second-order valence-corrected chi connectivity index (χ2v) is 10.5. The van der Waals surface area contributed by atoms with Gasteiger partial charge in [-0.05, 0) is 4.48 Å². The van der Waals surface area contributed by atoms with Crippen molar-refractivity contribution >= 4 is 22.3 Å². The molecule has 7 nitrogen and oxygen atoms in total. The zero-order valence-electron chi connectivity index (χ0n) is 20.0. The fourth-order valence-corrected chi connectivity index (χ4v) is 4.73. The van der Waals surface area contributed by atoms with Crippen molar-refractivity contribution in [2.24, 2.45) is 0 Å². The van der Waals surface area contributed by atoms with Crippen molar-refractivity contribution in [2.45, 2.75) is 26.7 Å². The van der Waals surface area contributed by atoms with Gasteiger partial charge in [-0.15, -0.1) is 4.71 Å². The maximum absolute atomic E-state index is 13.6. The number of hydrogen-bond acceptors (Lipinski definition) is 3. The Balaban J connectivity index is 0.000000453. The van der Waals surface area contributed by atoms with E-state index in [1.165, 1.54) is 52.1 Å². The number of hydrogen-bond donors (Lipinski definition) is 2. The first kappa shape index (κ1) is 34.5. The highest BCUT2D eigenvalue weighted by molar-refractivity contribution is 7.45. The molecule has 0 radical (unpaired) electrons. The number of piperazine rings is 6. The van der Waals surface area contributed by atoms with Gasteiger partial charge in [-0.2, -0.15) is 0 Å². The van der Waals surface area contributed by atoms with Gasteiger partial charge in [0.25, 0.3) is 0 Å². The summed E-state index contributed by atoms with van der Waals surface area (Å²) in [5.41, 5.74) is 0. The van der Waals surface area contributed by atoms with Gasteiger partial charge < -0.3 is 34.5 Å². The van der Waals surface area contributed by atoms with Gasteiger partial charge in [-0.25, -0.2) is 8.82 Å². The molecule has 6 heterocycles. The fourth-order valence-electron chi connectivity index (χ4n) is 3.68. The normalized spacial score (nSPS) is 31.3. The molecule has 0 aromatic carbocycles. The quantitative estimate of drug-likeness (QED) is 0.236. The number of quaternary nitrogens is 2. The van der Waals surface area contributed by atoms with Gasteiger partial charge in [0.2, 0.25) is 0 Å². The summed E-state index contributed by atoms with van der Waals surface area (Å²) < 4.78 is 102.